The van der Waals surface area contributed by atoms with E-state index in [0.29, 0.717) is 37.4 Å². The average Bonchev–Trinajstić information content (AvgIpc) is 3.46. The van der Waals surface area contributed by atoms with Crippen LogP contribution in [0.5, 0.6) is 0 Å². The number of benzene rings is 2. The molecule has 0 bridgehead atoms. The number of hydrogen-bond acceptors (Lipinski definition) is 3. The molecule has 1 saturated heterocycles. The lowest BCUT2D eigenvalue weighted by atomic mass is 9.95. The summed E-state index contributed by atoms with van der Waals surface area (Å²) >= 11 is 1.50. The van der Waals surface area contributed by atoms with Crippen molar-refractivity contribution in [2.24, 2.45) is 5.92 Å². The smallest absolute Gasteiger partial charge is 0.263 e. The van der Waals surface area contributed by atoms with Crippen LogP contribution in [0.2, 0.25) is 0 Å². The molecule has 174 valence electrons. The van der Waals surface area contributed by atoms with Crippen molar-refractivity contribution in [1.82, 2.24) is 14.8 Å². The van der Waals surface area contributed by atoms with Crippen molar-refractivity contribution in [3.8, 4) is 5.00 Å². The Kier molecular flexibility index (Phi) is 6.20. The lowest BCUT2D eigenvalue weighted by Crippen LogP contribution is -2.42. The van der Waals surface area contributed by atoms with Crippen molar-refractivity contribution >= 4 is 34.1 Å². The molecule has 0 atom stereocenters. The van der Waals surface area contributed by atoms with Gasteiger partial charge in [-0.05, 0) is 61.7 Å². The summed E-state index contributed by atoms with van der Waals surface area (Å²) in [5.41, 5.74) is 3.13. The van der Waals surface area contributed by atoms with Gasteiger partial charge in [0.1, 0.15) is 10.8 Å². The molecule has 1 aliphatic heterocycles. The van der Waals surface area contributed by atoms with Crippen LogP contribution in [-0.4, -0.2) is 34.4 Å². The van der Waals surface area contributed by atoms with Gasteiger partial charge in [-0.15, -0.1) is 11.3 Å². The Morgan fingerprint density at radius 1 is 1.03 bits per heavy atom. The summed E-state index contributed by atoms with van der Waals surface area (Å²) in [5.74, 6) is -0.389. The van der Waals surface area contributed by atoms with Crippen molar-refractivity contribution in [3.63, 3.8) is 0 Å². The number of aryl methyl sites for hydroxylation is 1. The van der Waals surface area contributed by atoms with E-state index in [9.17, 15) is 14.0 Å². The first-order valence-corrected chi connectivity index (χ1v) is 12.3. The second-order valence-electron chi connectivity index (χ2n) is 8.73. The van der Waals surface area contributed by atoms with Gasteiger partial charge in [0.2, 0.25) is 5.91 Å². The van der Waals surface area contributed by atoms with E-state index >= 15 is 0 Å². The third-order valence-corrected chi connectivity index (χ3v) is 7.51. The quantitative estimate of drug-likeness (QED) is 0.425. The summed E-state index contributed by atoms with van der Waals surface area (Å²) in [4.78, 5) is 28.3. The van der Waals surface area contributed by atoms with Gasteiger partial charge in [0.25, 0.3) is 5.91 Å². The predicted octanol–water partition coefficient (Wildman–Crippen LogP) is 5.31. The van der Waals surface area contributed by atoms with E-state index in [2.05, 4.69) is 35.0 Å². The normalized spacial score (nSPS) is 14.5. The summed E-state index contributed by atoms with van der Waals surface area (Å²) in [5, 5.41) is 5.14. The Balaban J connectivity index is 1.19. The molecular weight excluding hydrogens is 449 g/mol. The average molecular weight is 476 g/mol. The van der Waals surface area contributed by atoms with Gasteiger partial charge >= 0.3 is 0 Å². The molecule has 34 heavy (non-hydrogen) atoms. The molecule has 0 radical (unpaired) electrons. The Morgan fingerprint density at radius 3 is 2.53 bits per heavy atom. The summed E-state index contributed by atoms with van der Waals surface area (Å²) in [7, 11) is 0. The molecule has 5 rings (SSSR count). The number of rotatable bonds is 5. The Bertz CT molecular complexity index is 1330. The SMILES string of the molecule is Cc1cc2ccccc2n1-c1ccc(C(=O)N2CCC(C(=O)NCc3ccc(F)cc3)CC2)s1. The van der Waals surface area contributed by atoms with Crippen molar-refractivity contribution in [2.45, 2.75) is 26.3 Å². The highest BCUT2D eigenvalue weighted by atomic mass is 32.1. The number of likely N-dealkylation sites (tertiary alicyclic amines) is 1. The van der Waals surface area contributed by atoms with Crippen LogP contribution in [0.4, 0.5) is 4.39 Å². The summed E-state index contributed by atoms with van der Waals surface area (Å²) in [6, 6.07) is 20.4. The number of fused-ring (bicyclic) bond motifs is 1. The monoisotopic (exact) mass is 475 g/mol. The van der Waals surface area contributed by atoms with Gasteiger partial charge in [-0.3, -0.25) is 9.59 Å². The second kappa shape index (κ2) is 9.43. The minimum absolute atomic E-state index is 0.00945. The summed E-state index contributed by atoms with van der Waals surface area (Å²) in [6.45, 7) is 3.58. The van der Waals surface area contributed by atoms with Crippen LogP contribution in [-0.2, 0) is 11.3 Å². The first-order chi connectivity index (χ1) is 16.5. The van der Waals surface area contributed by atoms with Crippen LogP contribution in [0.1, 0.15) is 33.8 Å². The zero-order valence-electron chi connectivity index (χ0n) is 19.0. The van der Waals surface area contributed by atoms with Gasteiger partial charge in [0, 0.05) is 36.6 Å². The van der Waals surface area contributed by atoms with Crippen molar-refractivity contribution in [3.05, 3.63) is 88.7 Å². The number of thiophene rings is 1. The largest absolute Gasteiger partial charge is 0.352 e. The highest BCUT2D eigenvalue weighted by Crippen LogP contribution is 2.30. The minimum Gasteiger partial charge on any atom is -0.352 e. The van der Waals surface area contributed by atoms with Gasteiger partial charge in [-0.25, -0.2) is 4.39 Å². The van der Waals surface area contributed by atoms with Gasteiger partial charge in [0.15, 0.2) is 0 Å². The number of para-hydroxylation sites is 1. The van der Waals surface area contributed by atoms with Crippen LogP contribution < -0.4 is 5.32 Å². The fourth-order valence-electron chi connectivity index (χ4n) is 4.58. The van der Waals surface area contributed by atoms with Crippen LogP contribution in [0.3, 0.4) is 0 Å². The third kappa shape index (κ3) is 4.48. The molecule has 1 aliphatic rings. The Hall–Kier alpha value is -3.45. The van der Waals surface area contributed by atoms with Crippen LogP contribution in [0.25, 0.3) is 15.9 Å². The van der Waals surface area contributed by atoms with E-state index in [4.69, 9.17) is 0 Å². The molecule has 2 amide bonds. The van der Waals surface area contributed by atoms with Gasteiger partial charge in [0.05, 0.1) is 10.4 Å². The number of carbonyl (C=O) groups is 2. The molecule has 0 spiro atoms. The maximum Gasteiger partial charge on any atom is 0.263 e. The van der Waals surface area contributed by atoms with Crippen LogP contribution >= 0.6 is 11.3 Å². The highest BCUT2D eigenvalue weighted by Gasteiger charge is 2.28. The Morgan fingerprint density at radius 2 is 1.76 bits per heavy atom. The number of amides is 2. The molecule has 3 heterocycles. The molecule has 7 heteroatoms. The standard InChI is InChI=1S/C27H26FN3O2S/c1-18-16-21-4-2-3-5-23(21)31(18)25-11-10-24(34-25)27(33)30-14-12-20(13-15-30)26(32)29-17-19-6-8-22(28)9-7-19/h2-11,16,20H,12-15,17H2,1H3,(H,29,32). The van der Waals surface area contributed by atoms with E-state index < -0.39 is 0 Å². The van der Waals surface area contributed by atoms with Crippen LogP contribution in [0.15, 0.2) is 66.7 Å². The number of hydrogen-bond donors (Lipinski definition) is 1. The maximum atomic E-state index is 13.1. The fraction of sp³-hybridized carbons (Fsp3) is 0.259. The molecule has 1 N–H and O–H groups in total. The fourth-order valence-corrected chi connectivity index (χ4v) is 5.63. The lowest BCUT2D eigenvalue weighted by molar-refractivity contribution is -0.126. The van der Waals surface area contributed by atoms with Crippen molar-refractivity contribution < 1.29 is 14.0 Å². The molecule has 4 aromatic rings. The zero-order chi connectivity index (χ0) is 23.7. The molecule has 0 unspecified atom stereocenters. The molecule has 0 aliphatic carbocycles. The number of halogens is 1. The third-order valence-electron chi connectivity index (χ3n) is 6.45. The zero-order valence-corrected chi connectivity index (χ0v) is 19.8. The van der Waals surface area contributed by atoms with Crippen molar-refractivity contribution in [1.29, 1.82) is 0 Å². The predicted molar refractivity (Wildman–Crippen MR) is 133 cm³/mol. The number of carbonyl (C=O) groups excluding carboxylic acids is 2. The molecule has 0 saturated carbocycles. The van der Waals surface area contributed by atoms with E-state index in [1.165, 1.54) is 28.9 Å². The summed E-state index contributed by atoms with van der Waals surface area (Å²) < 4.78 is 15.2. The van der Waals surface area contributed by atoms with Crippen LogP contribution in [0, 0.1) is 18.7 Å². The molecular formula is C27H26FN3O2S. The number of nitrogens with one attached hydrogen (secondary N) is 1. The van der Waals surface area contributed by atoms with E-state index in [-0.39, 0.29) is 23.5 Å². The Labute approximate surface area is 201 Å². The van der Waals surface area contributed by atoms with Gasteiger partial charge < -0.3 is 14.8 Å². The second-order valence-corrected chi connectivity index (χ2v) is 9.79. The molecule has 1 fully saturated rings. The number of piperidine rings is 1. The molecule has 5 nitrogen and oxygen atoms in total. The van der Waals surface area contributed by atoms with E-state index in [0.717, 1.165) is 21.8 Å². The van der Waals surface area contributed by atoms with E-state index in [1.807, 2.05) is 29.2 Å². The minimum atomic E-state index is -0.290. The maximum absolute atomic E-state index is 13.1. The highest BCUT2D eigenvalue weighted by molar-refractivity contribution is 7.16. The first-order valence-electron chi connectivity index (χ1n) is 11.5. The van der Waals surface area contributed by atoms with E-state index in [1.54, 1.807) is 12.1 Å². The van der Waals surface area contributed by atoms with Crippen molar-refractivity contribution in [2.75, 3.05) is 13.1 Å². The topological polar surface area (TPSA) is 54.3 Å². The number of nitrogens with zero attached hydrogens (tertiary/aromatic N) is 2. The lowest BCUT2D eigenvalue weighted by Gasteiger charge is -2.31. The molecule has 2 aromatic carbocycles. The summed E-state index contributed by atoms with van der Waals surface area (Å²) in [6.07, 6.45) is 1.28. The van der Waals surface area contributed by atoms with Gasteiger partial charge in [-0.1, -0.05) is 30.3 Å². The molecule has 2 aromatic heterocycles. The first kappa shape index (κ1) is 22.3. The number of aromatic nitrogens is 1. The van der Waals surface area contributed by atoms with Gasteiger partial charge in [-0.2, -0.15) is 0 Å².